The number of benzene rings is 1. The Labute approximate surface area is 114 Å². The minimum atomic E-state index is -0.743. The lowest BCUT2D eigenvalue weighted by Crippen LogP contribution is -2.18. The molecule has 0 bridgehead atoms. The molecule has 1 N–H and O–H groups in total. The van der Waals surface area contributed by atoms with Crippen LogP contribution in [-0.2, 0) is 4.79 Å². The summed E-state index contributed by atoms with van der Waals surface area (Å²) in [6.07, 6.45) is 1.21. The first-order chi connectivity index (χ1) is 9.02. The van der Waals surface area contributed by atoms with E-state index in [0.717, 1.165) is 11.5 Å². The van der Waals surface area contributed by atoms with Crippen molar-refractivity contribution in [2.24, 2.45) is 11.8 Å². The van der Waals surface area contributed by atoms with E-state index in [9.17, 15) is 4.79 Å². The first-order valence-corrected chi connectivity index (χ1v) is 6.52. The van der Waals surface area contributed by atoms with Gasteiger partial charge in [-0.25, -0.2) is 0 Å². The van der Waals surface area contributed by atoms with E-state index in [1.165, 1.54) is 0 Å². The van der Waals surface area contributed by atoms with Crippen LogP contribution in [0.1, 0.15) is 26.7 Å². The Morgan fingerprint density at radius 1 is 1.21 bits per heavy atom. The summed E-state index contributed by atoms with van der Waals surface area (Å²) in [4.78, 5) is 11.1. The van der Waals surface area contributed by atoms with Gasteiger partial charge in [0.1, 0.15) is 11.5 Å². The molecule has 19 heavy (non-hydrogen) atoms. The van der Waals surface area contributed by atoms with Gasteiger partial charge < -0.3 is 14.6 Å². The maximum Gasteiger partial charge on any atom is 0.306 e. The van der Waals surface area contributed by atoms with Crippen molar-refractivity contribution in [1.82, 2.24) is 0 Å². The van der Waals surface area contributed by atoms with Crippen LogP contribution in [0.2, 0.25) is 0 Å². The van der Waals surface area contributed by atoms with Crippen LogP contribution in [0.3, 0.4) is 0 Å². The van der Waals surface area contributed by atoms with Crippen LogP contribution in [-0.4, -0.2) is 24.8 Å². The van der Waals surface area contributed by atoms with Crippen molar-refractivity contribution in [2.75, 3.05) is 13.7 Å². The second-order valence-corrected chi connectivity index (χ2v) is 4.98. The quantitative estimate of drug-likeness (QED) is 0.785. The predicted molar refractivity (Wildman–Crippen MR) is 73.7 cm³/mol. The number of methoxy groups -OCH3 is 1. The Hall–Kier alpha value is -1.71. The highest BCUT2D eigenvalue weighted by molar-refractivity contribution is 5.69. The van der Waals surface area contributed by atoms with Crippen molar-refractivity contribution < 1.29 is 19.4 Å². The molecule has 1 aromatic rings. The fourth-order valence-corrected chi connectivity index (χ4v) is 1.90. The molecule has 0 aliphatic rings. The van der Waals surface area contributed by atoms with Crippen LogP contribution in [0.25, 0.3) is 0 Å². The molecule has 106 valence electrons. The van der Waals surface area contributed by atoms with Crippen LogP contribution >= 0.6 is 0 Å². The molecule has 1 unspecified atom stereocenters. The third-order valence-electron chi connectivity index (χ3n) is 2.90. The summed E-state index contributed by atoms with van der Waals surface area (Å²) < 4.78 is 10.6. The van der Waals surface area contributed by atoms with Gasteiger partial charge in [-0.1, -0.05) is 13.8 Å². The van der Waals surface area contributed by atoms with Gasteiger partial charge in [0.25, 0.3) is 0 Å². The first kappa shape index (κ1) is 15.3. The van der Waals surface area contributed by atoms with Crippen LogP contribution in [0, 0.1) is 11.8 Å². The monoisotopic (exact) mass is 266 g/mol. The van der Waals surface area contributed by atoms with Gasteiger partial charge in [0.2, 0.25) is 0 Å². The van der Waals surface area contributed by atoms with E-state index in [4.69, 9.17) is 14.6 Å². The number of hydrogen-bond acceptors (Lipinski definition) is 3. The number of aliphatic carboxylic acids is 1. The minimum Gasteiger partial charge on any atom is -0.497 e. The molecule has 0 aliphatic carbocycles. The Morgan fingerprint density at radius 3 is 2.26 bits per heavy atom. The molecule has 0 aromatic heterocycles. The Balaban J connectivity index is 2.40. The minimum absolute atomic E-state index is 0.335. The zero-order chi connectivity index (χ0) is 14.3. The summed E-state index contributed by atoms with van der Waals surface area (Å²) in [7, 11) is 1.61. The van der Waals surface area contributed by atoms with E-state index in [2.05, 4.69) is 0 Å². The van der Waals surface area contributed by atoms with Gasteiger partial charge in [0.15, 0.2) is 0 Å². The normalized spacial score (nSPS) is 12.2. The molecule has 1 rings (SSSR count). The van der Waals surface area contributed by atoms with Gasteiger partial charge in [-0.2, -0.15) is 0 Å². The average Bonchev–Trinajstić information content (AvgIpc) is 2.37. The molecule has 4 nitrogen and oxygen atoms in total. The molecule has 4 heteroatoms. The lowest BCUT2D eigenvalue weighted by molar-refractivity contribution is -0.142. The maximum atomic E-state index is 11.1. The number of rotatable bonds is 8. The molecular formula is C15H22O4. The zero-order valence-electron chi connectivity index (χ0n) is 11.8. The molecular weight excluding hydrogens is 244 g/mol. The fraction of sp³-hybridized carbons (Fsp3) is 0.533. The van der Waals surface area contributed by atoms with E-state index in [-0.39, 0.29) is 5.92 Å². The summed E-state index contributed by atoms with van der Waals surface area (Å²) in [6, 6.07) is 7.27. The van der Waals surface area contributed by atoms with Crippen molar-refractivity contribution in [1.29, 1.82) is 0 Å². The van der Waals surface area contributed by atoms with E-state index in [1.54, 1.807) is 7.11 Å². The molecule has 0 radical (unpaired) electrons. The lowest BCUT2D eigenvalue weighted by atomic mass is 9.95. The largest absolute Gasteiger partial charge is 0.497 e. The Morgan fingerprint density at radius 2 is 1.79 bits per heavy atom. The lowest BCUT2D eigenvalue weighted by Gasteiger charge is -2.15. The summed E-state index contributed by atoms with van der Waals surface area (Å²) >= 11 is 0. The maximum absolute atomic E-state index is 11.1. The summed E-state index contributed by atoms with van der Waals surface area (Å²) in [5.74, 6) is 0.803. The van der Waals surface area contributed by atoms with Gasteiger partial charge in [-0.3, -0.25) is 4.79 Å². The smallest absolute Gasteiger partial charge is 0.306 e. The summed E-state index contributed by atoms with van der Waals surface area (Å²) in [6.45, 7) is 4.47. The summed E-state index contributed by atoms with van der Waals surface area (Å²) in [5, 5.41) is 9.12. The third kappa shape index (κ3) is 5.64. The van der Waals surface area contributed by atoms with Gasteiger partial charge in [-0.05, 0) is 43.0 Å². The Kier molecular flexibility index (Phi) is 6.19. The average molecular weight is 266 g/mol. The van der Waals surface area contributed by atoms with Crippen molar-refractivity contribution >= 4 is 5.97 Å². The highest BCUT2D eigenvalue weighted by Gasteiger charge is 2.18. The van der Waals surface area contributed by atoms with E-state index < -0.39 is 5.97 Å². The SMILES string of the molecule is COc1ccc(OCCC(CC(C)C)C(=O)O)cc1. The van der Waals surface area contributed by atoms with Crippen molar-refractivity contribution in [2.45, 2.75) is 26.7 Å². The van der Waals surface area contributed by atoms with Gasteiger partial charge >= 0.3 is 5.97 Å². The number of ether oxygens (including phenoxy) is 2. The van der Waals surface area contributed by atoms with Crippen LogP contribution < -0.4 is 9.47 Å². The second kappa shape index (κ2) is 7.67. The zero-order valence-corrected chi connectivity index (χ0v) is 11.8. The van der Waals surface area contributed by atoms with Gasteiger partial charge in [-0.15, -0.1) is 0 Å². The number of carbonyl (C=O) groups is 1. The number of hydrogen-bond donors (Lipinski definition) is 1. The molecule has 1 atom stereocenters. The van der Waals surface area contributed by atoms with Crippen LogP contribution in [0.5, 0.6) is 11.5 Å². The van der Waals surface area contributed by atoms with Crippen molar-refractivity contribution in [3.63, 3.8) is 0 Å². The number of carboxylic acid groups (broad SMARTS) is 1. The molecule has 1 aromatic carbocycles. The standard InChI is InChI=1S/C15H22O4/c1-11(2)10-12(15(16)17)8-9-19-14-6-4-13(18-3)5-7-14/h4-7,11-12H,8-10H2,1-3H3,(H,16,17). The number of carboxylic acids is 1. The van der Waals surface area contributed by atoms with E-state index in [0.29, 0.717) is 25.4 Å². The molecule has 0 aliphatic heterocycles. The van der Waals surface area contributed by atoms with Crippen LogP contribution in [0.15, 0.2) is 24.3 Å². The molecule has 0 saturated heterocycles. The van der Waals surface area contributed by atoms with Gasteiger partial charge in [0.05, 0.1) is 19.6 Å². The molecule has 0 amide bonds. The van der Waals surface area contributed by atoms with E-state index in [1.807, 2.05) is 38.1 Å². The summed E-state index contributed by atoms with van der Waals surface area (Å²) in [5.41, 5.74) is 0. The molecule has 0 heterocycles. The molecule has 0 saturated carbocycles. The molecule has 0 spiro atoms. The Bertz CT molecular complexity index is 384. The van der Waals surface area contributed by atoms with Crippen LogP contribution in [0.4, 0.5) is 0 Å². The van der Waals surface area contributed by atoms with Gasteiger partial charge in [0, 0.05) is 0 Å². The van der Waals surface area contributed by atoms with E-state index >= 15 is 0 Å². The van der Waals surface area contributed by atoms with Crippen molar-refractivity contribution in [3.05, 3.63) is 24.3 Å². The highest BCUT2D eigenvalue weighted by Crippen LogP contribution is 2.19. The van der Waals surface area contributed by atoms with Crippen molar-refractivity contribution in [3.8, 4) is 11.5 Å². The highest BCUT2D eigenvalue weighted by atomic mass is 16.5. The third-order valence-corrected chi connectivity index (χ3v) is 2.90. The predicted octanol–water partition coefficient (Wildman–Crippen LogP) is 3.21. The topological polar surface area (TPSA) is 55.8 Å². The first-order valence-electron chi connectivity index (χ1n) is 6.52. The second-order valence-electron chi connectivity index (χ2n) is 4.98. The molecule has 0 fully saturated rings. The fourth-order valence-electron chi connectivity index (χ4n) is 1.90.